The van der Waals surface area contributed by atoms with Crippen molar-refractivity contribution >= 4 is 26.1 Å². The molecule has 0 amide bonds. The lowest BCUT2D eigenvalue weighted by atomic mass is 9.71. The Hall–Kier alpha value is -1.63. The van der Waals surface area contributed by atoms with Crippen molar-refractivity contribution in [1.29, 1.82) is 0 Å². The van der Waals surface area contributed by atoms with Crippen LogP contribution in [0.2, 0.25) is 0 Å². The van der Waals surface area contributed by atoms with Crippen molar-refractivity contribution in [2.45, 2.75) is 140 Å². The monoisotopic (exact) mass is 682 g/mol. The van der Waals surface area contributed by atoms with Gasteiger partial charge in [0.05, 0.1) is 17.9 Å². The van der Waals surface area contributed by atoms with Crippen LogP contribution in [-0.4, -0.2) is 83.8 Å². The van der Waals surface area contributed by atoms with Crippen LogP contribution in [0.25, 0.3) is 0 Å². The number of rotatable bonds is 10. The molecule has 46 heavy (non-hydrogen) atoms. The summed E-state index contributed by atoms with van der Waals surface area (Å²) in [4.78, 5) is 2.03. The van der Waals surface area contributed by atoms with Crippen LogP contribution in [0.5, 0.6) is 0 Å². The Kier molecular flexibility index (Phi) is 10.8. The summed E-state index contributed by atoms with van der Waals surface area (Å²) in [6.07, 6.45) is 22.5. The maximum absolute atomic E-state index is 12.1. The molecule has 0 aromatic rings. The van der Waals surface area contributed by atoms with Gasteiger partial charge in [0.15, 0.2) is 28.1 Å². The number of fused-ring (bicyclic) bond motifs is 2. The van der Waals surface area contributed by atoms with Crippen molar-refractivity contribution in [3.8, 4) is 0 Å². The normalized spacial score (nSPS) is 34.4. The highest BCUT2D eigenvalue weighted by molar-refractivity contribution is 7.85. The van der Waals surface area contributed by atoms with E-state index in [2.05, 4.69) is 0 Å². The molecule has 6 atom stereocenters. The largest absolute Gasteiger partial charge is 0.743 e. The fraction of sp³-hybridized carbons (Fsp3) is 0.853. The van der Waals surface area contributed by atoms with E-state index < -0.39 is 26.1 Å². The second kappa shape index (κ2) is 14.5. The maximum Gasteiger partial charge on any atom is 0.364 e. The number of nitrogens with zero attached hydrogens (tertiary/aromatic N) is 2. The zero-order valence-electron chi connectivity index (χ0n) is 27.4. The van der Waals surface area contributed by atoms with Gasteiger partial charge in [0.25, 0.3) is 10.1 Å². The molecule has 260 valence electrons. The van der Waals surface area contributed by atoms with Crippen LogP contribution in [-0.2, 0) is 29.7 Å². The molecule has 4 aliphatic carbocycles. The molecule has 0 radical (unpaired) electrons. The van der Waals surface area contributed by atoms with Crippen molar-refractivity contribution in [3.05, 3.63) is 23.6 Å². The van der Waals surface area contributed by atoms with Gasteiger partial charge in [-0.1, -0.05) is 71.1 Å². The minimum atomic E-state index is -4.54. The lowest BCUT2D eigenvalue weighted by molar-refractivity contribution is -0.546. The van der Waals surface area contributed by atoms with Crippen LogP contribution < -0.4 is 0 Å². The average Bonchev–Trinajstić information content (AvgIpc) is 3.55. The number of allylic oxidation sites excluding steroid dienone is 2. The van der Waals surface area contributed by atoms with E-state index in [0.717, 1.165) is 44.1 Å². The van der Waals surface area contributed by atoms with Gasteiger partial charge in [0.2, 0.25) is 5.88 Å². The summed E-state index contributed by atoms with van der Waals surface area (Å²) >= 11 is 0. The Morgan fingerprint density at radius 3 is 2.04 bits per heavy atom. The molecule has 1 saturated heterocycles. The highest BCUT2D eigenvalue weighted by Crippen LogP contribution is 2.45. The number of ether oxygens (including phenoxy) is 2. The van der Waals surface area contributed by atoms with Crippen molar-refractivity contribution in [3.63, 3.8) is 0 Å². The van der Waals surface area contributed by atoms with E-state index >= 15 is 0 Å². The molecule has 6 unspecified atom stereocenters. The van der Waals surface area contributed by atoms with Crippen molar-refractivity contribution in [2.24, 2.45) is 23.7 Å². The standard InChI is InChI=1S/C34H54N2O8S2/c1-2-24(20-34-36(23-46(40,41)42)30-22-28(14-16-32(30)44-34)26-11-7-4-8-12-26)19-33-35(17-18-45(37,38)39)29-21-27(13-15-31(29)43-33)25-9-5-3-6-10-25/h19-20,25-32H,2-18,21-23H2,1H3,(H-,37,38,39,40,41,42). The van der Waals surface area contributed by atoms with Crippen LogP contribution in [0.4, 0.5) is 0 Å². The smallest absolute Gasteiger partial charge is 0.364 e. The summed E-state index contributed by atoms with van der Waals surface area (Å²) in [5, 5.41) is 0. The van der Waals surface area contributed by atoms with Gasteiger partial charge in [0, 0.05) is 19.0 Å². The van der Waals surface area contributed by atoms with Crippen LogP contribution in [0.3, 0.4) is 0 Å². The predicted molar refractivity (Wildman–Crippen MR) is 175 cm³/mol. The predicted octanol–water partition coefficient (Wildman–Crippen LogP) is 5.56. The highest BCUT2D eigenvalue weighted by Gasteiger charge is 2.49. The van der Waals surface area contributed by atoms with E-state index in [1.807, 2.05) is 24.0 Å². The van der Waals surface area contributed by atoms with E-state index in [9.17, 15) is 25.9 Å². The third-order valence-electron chi connectivity index (χ3n) is 12.0. The van der Waals surface area contributed by atoms with E-state index in [1.54, 1.807) is 4.58 Å². The van der Waals surface area contributed by atoms with Crippen LogP contribution in [0, 0.1) is 23.7 Å². The van der Waals surface area contributed by atoms with Gasteiger partial charge in [-0.05, 0) is 67.8 Å². The lowest BCUT2D eigenvalue weighted by Crippen LogP contribution is -2.43. The SMILES string of the molecule is CCC(=C/C1=[N+](CS(=O)(=O)[O-])C2CC(C3CCCCC3)CCC2O1)/C=C1\OC2CCC(C3CCCCC3)CC2N1CCS(=O)(=O)O. The molecule has 2 heterocycles. The van der Waals surface area contributed by atoms with E-state index in [1.165, 1.54) is 64.2 Å². The highest BCUT2D eigenvalue weighted by atomic mass is 32.2. The zero-order chi connectivity index (χ0) is 32.5. The van der Waals surface area contributed by atoms with Gasteiger partial charge in [-0.25, -0.2) is 8.42 Å². The average molecular weight is 683 g/mol. The molecular weight excluding hydrogens is 629 g/mol. The quantitative estimate of drug-likeness (QED) is 0.232. The van der Waals surface area contributed by atoms with Gasteiger partial charge in [-0.2, -0.15) is 13.0 Å². The molecule has 10 nitrogen and oxygen atoms in total. The van der Waals surface area contributed by atoms with Gasteiger partial charge in [0.1, 0.15) is 6.10 Å². The molecule has 6 aliphatic rings. The first-order valence-electron chi connectivity index (χ1n) is 18.0. The van der Waals surface area contributed by atoms with E-state index in [4.69, 9.17) is 9.47 Å². The molecule has 5 fully saturated rings. The Bertz CT molecular complexity index is 1400. The van der Waals surface area contributed by atoms with E-state index in [0.29, 0.717) is 41.9 Å². The lowest BCUT2D eigenvalue weighted by Gasteiger charge is -2.39. The minimum Gasteiger partial charge on any atom is -0.743 e. The molecule has 1 N–H and O–H groups in total. The molecule has 0 spiro atoms. The topological polar surface area (TPSA) is 136 Å². The minimum absolute atomic E-state index is 0.0392. The second-order valence-electron chi connectivity index (χ2n) is 14.9. The van der Waals surface area contributed by atoms with Gasteiger partial charge < -0.3 is 18.9 Å². The van der Waals surface area contributed by atoms with Crippen molar-refractivity contribution < 1.29 is 40.0 Å². The fourth-order valence-electron chi connectivity index (χ4n) is 9.69. The van der Waals surface area contributed by atoms with Gasteiger partial charge >= 0.3 is 5.90 Å². The van der Waals surface area contributed by atoms with Crippen LogP contribution >= 0.6 is 0 Å². The molecule has 0 aromatic heterocycles. The number of hydrogen-bond donors (Lipinski definition) is 1. The third-order valence-corrected chi connectivity index (χ3v) is 13.3. The second-order valence-corrected chi connectivity index (χ2v) is 17.9. The molecule has 4 saturated carbocycles. The first-order chi connectivity index (χ1) is 22.0. The van der Waals surface area contributed by atoms with Crippen molar-refractivity contribution in [2.75, 3.05) is 18.2 Å². The summed E-state index contributed by atoms with van der Waals surface area (Å²) in [5.74, 6) is 2.48. The Balaban J connectivity index is 1.27. The summed E-state index contributed by atoms with van der Waals surface area (Å²) in [7, 11) is -8.71. The zero-order valence-corrected chi connectivity index (χ0v) is 29.1. The first kappa shape index (κ1) is 34.2. The Labute approximate surface area is 276 Å². The van der Waals surface area contributed by atoms with Crippen LogP contribution in [0.15, 0.2) is 23.6 Å². The number of hydrogen-bond acceptors (Lipinski definition) is 8. The van der Waals surface area contributed by atoms with Crippen molar-refractivity contribution in [1.82, 2.24) is 4.90 Å². The van der Waals surface area contributed by atoms with E-state index in [-0.39, 0.29) is 36.6 Å². The Morgan fingerprint density at radius 2 is 1.46 bits per heavy atom. The molecule has 6 rings (SSSR count). The summed E-state index contributed by atoms with van der Waals surface area (Å²) in [6.45, 7) is 2.14. The first-order valence-corrected chi connectivity index (χ1v) is 21.2. The van der Waals surface area contributed by atoms with Gasteiger partial charge in [-0.3, -0.25) is 4.55 Å². The Morgan fingerprint density at radius 1 is 0.848 bits per heavy atom. The van der Waals surface area contributed by atoms with Gasteiger partial charge in [-0.15, -0.1) is 0 Å². The molecular formula is C34H54N2O8S2. The summed E-state index contributed by atoms with van der Waals surface area (Å²) in [5.41, 5.74) is 0.847. The summed E-state index contributed by atoms with van der Waals surface area (Å²) in [6, 6.07) is -0.0983. The maximum atomic E-state index is 12.1. The molecule has 12 heteroatoms. The molecule has 0 bridgehead atoms. The fourth-order valence-corrected chi connectivity index (χ4v) is 10.8. The molecule has 0 aromatic carbocycles. The third kappa shape index (κ3) is 8.32. The van der Waals surface area contributed by atoms with Crippen LogP contribution in [0.1, 0.15) is 116 Å². The summed E-state index contributed by atoms with van der Waals surface area (Å²) < 4.78 is 84.3. The molecule has 2 aliphatic heterocycles.